The molecule has 11 nitrogen and oxygen atoms in total. The first kappa shape index (κ1) is 26.4. The van der Waals surface area contributed by atoms with Crippen molar-refractivity contribution in [2.24, 2.45) is 0 Å². The molecule has 2 saturated heterocycles. The van der Waals surface area contributed by atoms with Crippen LogP contribution in [0.15, 0.2) is 41.3 Å². The third-order valence-electron chi connectivity index (χ3n) is 7.02. The van der Waals surface area contributed by atoms with E-state index in [9.17, 15) is 21.6 Å². The summed E-state index contributed by atoms with van der Waals surface area (Å²) in [4.78, 5) is 13.0. The number of benzene rings is 1. The lowest BCUT2D eigenvalue weighted by Gasteiger charge is -2.36. The minimum atomic E-state index is -3.71. The fourth-order valence-electron chi connectivity index (χ4n) is 4.76. The summed E-state index contributed by atoms with van der Waals surface area (Å²) in [6.07, 6.45) is 3.92. The lowest BCUT2D eigenvalue weighted by Crippen LogP contribution is -2.49. The fourth-order valence-corrected chi connectivity index (χ4v) is 8.18. The number of halogens is 1. The number of rotatable bonds is 8. The molecule has 3 aliphatic rings. The van der Waals surface area contributed by atoms with E-state index in [1.807, 2.05) is 18.2 Å². The molecule has 2 aliphatic heterocycles. The van der Waals surface area contributed by atoms with E-state index in [0.29, 0.717) is 18.5 Å². The van der Waals surface area contributed by atoms with E-state index in [2.05, 4.69) is 10.4 Å². The maximum absolute atomic E-state index is 13.5. The van der Waals surface area contributed by atoms with Crippen LogP contribution in [-0.4, -0.2) is 80.8 Å². The number of hydrogen-bond acceptors (Lipinski definition) is 8. The van der Waals surface area contributed by atoms with Gasteiger partial charge in [-0.05, 0) is 37.8 Å². The number of anilines is 2. The number of aromatic nitrogens is 2. The van der Waals surface area contributed by atoms with Gasteiger partial charge < -0.3 is 10.1 Å². The molecule has 0 spiro atoms. The zero-order valence-electron chi connectivity index (χ0n) is 20.2. The molecule has 1 aliphatic carbocycles. The standard InChI is InChI=1S/C23H30ClN5O6S2/c24-22-21(25-14-20-16-35-12-13-36(20,31)32)15-26-28(23(22)30)17-8-10-27(11-9-17)37(33,34)29(19-6-7-19)18-4-2-1-3-5-18/h1-5,15,17,19-20,25H,6-14,16H2/t20-/m1/s1. The van der Waals surface area contributed by atoms with Crippen molar-refractivity contribution in [1.82, 2.24) is 14.1 Å². The van der Waals surface area contributed by atoms with Crippen molar-refractivity contribution in [3.8, 4) is 0 Å². The van der Waals surface area contributed by atoms with E-state index in [0.717, 1.165) is 12.8 Å². The number of nitrogens with zero attached hydrogens (tertiary/aromatic N) is 4. The molecule has 1 atom stereocenters. The zero-order valence-corrected chi connectivity index (χ0v) is 22.6. The molecule has 0 bridgehead atoms. The number of sulfone groups is 1. The van der Waals surface area contributed by atoms with E-state index in [1.165, 1.54) is 19.5 Å². The quantitative estimate of drug-likeness (QED) is 0.506. The first-order valence-corrected chi connectivity index (χ1v) is 15.8. The molecule has 37 heavy (non-hydrogen) atoms. The molecule has 1 saturated carbocycles. The van der Waals surface area contributed by atoms with Crippen LogP contribution in [0.4, 0.5) is 11.4 Å². The van der Waals surface area contributed by atoms with Gasteiger partial charge in [-0.15, -0.1) is 0 Å². The van der Waals surface area contributed by atoms with Crippen molar-refractivity contribution >= 4 is 43.0 Å². The Morgan fingerprint density at radius 1 is 1.14 bits per heavy atom. The van der Waals surface area contributed by atoms with Gasteiger partial charge in [-0.2, -0.15) is 17.8 Å². The summed E-state index contributed by atoms with van der Waals surface area (Å²) in [5.41, 5.74) is 0.415. The van der Waals surface area contributed by atoms with Crippen LogP contribution in [0.25, 0.3) is 0 Å². The van der Waals surface area contributed by atoms with Gasteiger partial charge in [-0.1, -0.05) is 29.8 Å². The average Bonchev–Trinajstić information content (AvgIpc) is 3.71. The molecule has 0 unspecified atom stereocenters. The maximum atomic E-state index is 13.5. The van der Waals surface area contributed by atoms with Crippen LogP contribution in [0.2, 0.25) is 5.02 Å². The predicted octanol–water partition coefficient (Wildman–Crippen LogP) is 1.67. The Kier molecular flexibility index (Phi) is 7.51. The smallest absolute Gasteiger partial charge is 0.304 e. The van der Waals surface area contributed by atoms with Gasteiger partial charge in [-0.3, -0.25) is 9.10 Å². The monoisotopic (exact) mass is 571 g/mol. The van der Waals surface area contributed by atoms with Crippen LogP contribution >= 0.6 is 11.6 Å². The topological polar surface area (TPSA) is 131 Å². The third kappa shape index (κ3) is 5.51. The SMILES string of the molecule is O=c1c(Cl)c(NC[C@@H]2COCCS2(=O)=O)cnn1C1CCN(S(=O)(=O)N(c2ccccc2)C2CC2)CC1. The Labute approximate surface area is 221 Å². The van der Waals surface area contributed by atoms with Gasteiger partial charge in [0.25, 0.3) is 5.56 Å². The Balaban J connectivity index is 1.25. The molecule has 14 heteroatoms. The highest BCUT2D eigenvalue weighted by Gasteiger charge is 2.42. The van der Waals surface area contributed by atoms with Crippen molar-refractivity contribution in [2.75, 3.05) is 48.2 Å². The van der Waals surface area contributed by atoms with E-state index in [-0.39, 0.29) is 61.4 Å². The van der Waals surface area contributed by atoms with Gasteiger partial charge in [-0.25, -0.2) is 13.1 Å². The van der Waals surface area contributed by atoms with Crippen LogP contribution in [0.3, 0.4) is 0 Å². The van der Waals surface area contributed by atoms with Gasteiger partial charge in [0, 0.05) is 25.7 Å². The van der Waals surface area contributed by atoms with Crippen molar-refractivity contribution in [3.05, 3.63) is 51.9 Å². The number of nitrogens with one attached hydrogen (secondary N) is 1. The molecule has 3 heterocycles. The minimum Gasteiger partial charge on any atom is -0.381 e. The Hall–Kier alpha value is -2.19. The normalized spacial score (nSPS) is 23.0. The molecule has 1 N–H and O–H groups in total. The Morgan fingerprint density at radius 3 is 2.49 bits per heavy atom. The average molecular weight is 572 g/mol. The summed E-state index contributed by atoms with van der Waals surface area (Å²) < 4.78 is 61.0. The van der Waals surface area contributed by atoms with Crippen molar-refractivity contribution in [1.29, 1.82) is 0 Å². The highest BCUT2D eigenvalue weighted by molar-refractivity contribution is 7.92. The molecule has 202 valence electrons. The van der Waals surface area contributed by atoms with Gasteiger partial charge >= 0.3 is 10.2 Å². The first-order valence-electron chi connectivity index (χ1n) is 12.3. The lowest BCUT2D eigenvalue weighted by atomic mass is 10.1. The largest absolute Gasteiger partial charge is 0.381 e. The third-order valence-corrected chi connectivity index (χ3v) is 11.5. The first-order chi connectivity index (χ1) is 17.7. The molecule has 2 aromatic rings. The minimum absolute atomic E-state index is 0.0246. The second kappa shape index (κ2) is 10.5. The lowest BCUT2D eigenvalue weighted by molar-refractivity contribution is 0.140. The summed E-state index contributed by atoms with van der Waals surface area (Å²) in [5, 5.41) is 6.38. The summed E-state index contributed by atoms with van der Waals surface area (Å²) in [6, 6.07) is 8.80. The van der Waals surface area contributed by atoms with Crippen LogP contribution in [-0.2, 0) is 24.8 Å². The number of ether oxygens (including phenoxy) is 1. The van der Waals surface area contributed by atoms with E-state index in [1.54, 1.807) is 12.1 Å². The predicted molar refractivity (Wildman–Crippen MR) is 141 cm³/mol. The molecular formula is C23H30ClN5O6S2. The molecule has 0 amide bonds. The second-order valence-electron chi connectivity index (χ2n) is 9.57. The molecule has 3 fully saturated rings. The van der Waals surface area contributed by atoms with Crippen LogP contribution < -0.4 is 15.2 Å². The van der Waals surface area contributed by atoms with Crippen LogP contribution in [0.1, 0.15) is 31.7 Å². The van der Waals surface area contributed by atoms with Gasteiger partial charge in [0.05, 0.1) is 42.6 Å². The summed E-state index contributed by atoms with van der Waals surface area (Å²) in [6.45, 7) is 0.842. The number of hydrogen-bond donors (Lipinski definition) is 1. The fraction of sp³-hybridized carbons (Fsp3) is 0.565. The molecule has 1 aromatic carbocycles. The van der Waals surface area contributed by atoms with Crippen molar-refractivity contribution in [2.45, 2.75) is 43.0 Å². The van der Waals surface area contributed by atoms with E-state index >= 15 is 0 Å². The van der Waals surface area contributed by atoms with Crippen molar-refractivity contribution in [3.63, 3.8) is 0 Å². The van der Waals surface area contributed by atoms with Crippen LogP contribution in [0.5, 0.6) is 0 Å². The molecular weight excluding hydrogens is 542 g/mol. The summed E-state index contributed by atoms with van der Waals surface area (Å²) in [5.74, 6) is -0.0366. The second-order valence-corrected chi connectivity index (χ2v) is 14.2. The molecule has 1 aromatic heterocycles. The number of piperidine rings is 1. The molecule has 0 radical (unpaired) electrons. The highest BCUT2D eigenvalue weighted by atomic mass is 35.5. The Morgan fingerprint density at radius 2 is 1.84 bits per heavy atom. The number of para-hydroxylation sites is 1. The van der Waals surface area contributed by atoms with Crippen molar-refractivity contribution < 1.29 is 21.6 Å². The Bertz CT molecular complexity index is 1390. The van der Waals surface area contributed by atoms with Gasteiger partial charge in [0.2, 0.25) is 0 Å². The zero-order chi connectivity index (χ0) is 26.2. The van der Waals surface area contributed by atoms with E-state index < -0.39 is 30.9 Å². The summed E-state index contributed by atoms with van der Waals surface area (Å²) >= 11 is 6.33. The summed E-state index contributed by atoms with van der Waals surface area (Å²) in [7, 11) is -6.99. The molecule has 5 rings (SSSR count). The highest BCUT2D eigenvalue weighted by Crippen LogP contribution is 2.36. The van der Waals surface area contributed by atoms with Crippen LogP contribution in [0, 0.1) is 0 Å². The van der Waals surface area contributed by atoms with Gasteiger partial charge in [0.15, 0.2) is 9.84 Å². The maximum Gasteiger partial charge on any atom is 0.304 e. The van der Waals surface area contributed by atoms with Gasteiger partial charge in [0.1, 0.15) is 10.3 Å². The van der Waals surface area contributed by atoms with E-state index in [4.69, 9.17) is 16.3 Å².